The lowest BCUT2D eigenvalue weighted by molar-refractivity contribution is 0.00703. The number of hydrogen-bond acceptors (Lipinski definition) is 4. The Hall–Kier alpha value is -2.18. The molecule has 1 unspecified atom stereocenters. The first-order valence-electron chi connectivity index (χ1n) is 8.10. The second-order valence-corrected chi connectivity index (χ2v) is 7.39. The summed E-state index contributed by atoms with van der Waals surface area (Å²) in [5.74, 6) is -0.197. The molecule has 124 valence electrons. The smallest absolute Gasteiger partial charge is 0.270 e. The summed E-state index contributed by atoms with van der Waals surface area (Å²) in [5.41, 5.74) is 1.08. The van der Waals surface area contributed by atoms with E-state index in [4.69, 9.17) is 0 Å². The van der Waals surface area contributed by atoms with Crippen LogP contribution in [0.2, 0.25) is 0 Å². The highest BCUT2D eigenvalue weighted by molar-refractivity contribution is 7.10. The molecule has 4 rings (SSSR count). The second kappa shape index (κ2) is 6.03. The average Bonchev–Trinajstić information content (AvgIpc) is 3.23. The maximum atomic E-state index is 12.8. The number of nitrogens with one attached hydrogen (secondary N) is 1. The Bertz CT molecular complexity index is 847. The summed E-state index contributed by atoms with van der Waals surface area (Å²) < 4.78 is 1.87. The SMILES string of the molecule is O=C(NC(c1cccs1)C1(CO)CCC1)c1cc2cccn2cn1. The zero-order valence-electron chi connectivity index (χ0n) is 13.2. The van der Waals surface area contributed by atoms with Gasteiger partial charge in [0.15, 0.2) is 0 Å². The number of carbonyl (C=O) groups excluding carboxylic acids is 1. The minimum Gasteiger partial charge on any atom is -0.396 e. The van der Waals surface area contributed by atoms with Gasteiger partial charge in [-0.05, 0) is 42.5 Å². The van der Waals surface area contributed by atoms with E-state index in [-0.39, 0.29) is 24.0 Å². The average molecular weight is 341 g/mol. The molecule has 0 bridgehead atoms. The maximum absolute atomic E-state index is 12.8. The van der Waals surface area contributed by atoms with Gasteiger partial charge in [-0.15, -0.1) is 11.3 Å². The predicted molar refractivity (Wildman–Crippen MR) is 93.1 cm³/mol. The van der Waals surface area contributed by atoms with Crippen LogP contribution in [0.15, 0.2) is 48.2 Å². The molecule has 3 aromatic rings. The Kier molecular flexibility index (Phi) is 3.86. The van der Waals surface area contributed by atoms with Crippen LogP contribution in [-0.4, -0.2) is 27.0 Å². The fraction of sp³-hybridized carbons (Fsp3) is 0.333. The molecular formula is C18H19N3O2S. The number of fused-ring (bicyclic) bond motifs is 1. The van der Waals surface area contributed by atoms with Gasteiger partial charge >= 0.3 is 0 Å². The van der Waals surface area contributed by atoms with Crippen molar-refractivity contribution in [1.82, 2.24) is 14.7 Å². The molecule has 2 N–H and O–H groups in total. The molecule has 1 aliphatic carbocycles. The topological polar surface area (TPSA) is 66.6 Å². The van der Waals surface area contributed by atoms with E-state index in [9.17, 15) is 9.90 Å². The van der Waals surface area contributed by atoms with E-state index in [2.05, 4.69) is 10.3 Å². The van der Waals surface area contributed by atoms with Gasteiger partial charge in [0.05, 0.1) is 19.0 Å². The predicted octanol–water partition coefficient (Wildman–Crippen LogP) is 3.03. The molecule has 0 spiro atoms. The van der Waals surface area contributed by atoms with E-state index in [1.54, 1.807) is 23.7 Å². The minimum absolute atomic E-state index is 0.0843. The summed E-state index contributed by atoms with van der Waals surface area (Å²) in [5, 5.41) is 15.1. The minimum atomic E-state index is -0.250. The monoisotopic (exact) mass is 341 g/mol. The van der Waals surface area contributed by atoms with Crippen LogP contribution in [-0.2, 0) is 0 Å². The van der Waals surface area contributed by atoms with Gasteiger partial charge in [0, 0.05) is 22.0 Å². The molecule has 1 saturated carbocycles. The summed E-state index contributed by atoms with van der Waals surface area (Å²) in [6, 6.07) is 9.47. The first kappa shape index (κ1) is 15.4. The Balaban J connectivity index is 1.63. The Labute approximate surface area is 144 Å². The van der Waals surface area contributed by atoms with Crippen LogP contribution in [0.5, 0.6) is 0 Å². The van der Waals surface area contributed by atoms with Crippen molar-refractivity contribution in [2.45, 2.75) is 25.3 Å². The summed E-state index contributed by atoms with van der Waals surface area (Å²) in [4.78, 5) is 18.1. The third-order valence-corrected chi connectivity index (χ3v) is 5.97. The number of hydrogen-bond donors (Lipinski definition) is 2. The number of nitrogens with zero attached hydrogens (tertiary/aromatic N) is 2. The van der Waals surface area contributed by atoms with Gasteiger partial charge in [0.2, 0.25) is 0 Å². The molecule has 3 heterocycles. The van der Waals surface area contributed by atoms with Crippen molar-refractivity contribution in [2.75, 3.05) is 6.61 Å². The van der Waals surface area contributed by atoms with Crippen molar-refractivity contribution >= 4 is 22.8 Å². The molecule has 24 heavy (non-hydrogen) atoms. The third kappa shape index (κ3) is 2.52. The highest BCUT2D eigenvalue weighted by Crippen LogP contribution is 2.50. The molecule has 0 radical (unpaired) electrons. The van der Waals surface area contributed by atoms with Crippen molar-refractivity contribution in [3.8, 4) is 0 Å². The van der Waals surface area contributed by atoms with E-state index in [1.165, 1.54) is 0 Å². The second-order valence-electron chi connectivity index (χ2n) is 6.41. The molecule has 6 heteroatoms. The Morgan fingerprint density at radius 3 is 2.96 bits per heavy atom. The molecule has 0 aromatic carbocycles. The quantitative estimate of drug-likeness (QED) is 0.750. The number of rotatable bonds is 5. The normalized spacial score (nSPS) is 17.4. The molecule has 3 aromatic heterocycles. The van der Waals surface area contributed by atoms with Gasteiger partial charge in [-0.3, -0.25) is 4.79 Å². The first-order chi connectivity index (χ1) is 11.7. The fourth-order valence-electron chi connectivity index (χ4n) is 3.42. The van der Waals surface area contributed by atoms with Crippen LogP contribution >= 0.6 is 11.3 Å². The van der Waals surface area contributed by atoms with Crippen LogP contribution < -0.4 is 5.32 Å². The van der Waals surface area contributed by atoms with Crippen LogP contribution in [0.25, 0.3) is 5.52 Å². The number of aromatic nitrogens is 2. The summed E-state index contributed by atoms with van der Waals surface area (Å²) in [6.07, 6.45) is 6.49. The third-order valence-electron chi connectivity index (χ3n) is 5.03. The highest BCUT2D eigenvalue weighted by atomic mass is 32.1. The van der Waals surface area contributed by atoms with Crippen LogP contribution in [0.4, 0.5) is 0 Å². The van der Waals surface area contributed by atoms with Crippen molar-refractivity contribution < 1.29 is 9.90 Å². The molecule has 5 nitrogen and oxygen atoms in total. The van der Waals surface area contributed by atoms with Crippen molar-refractivity contribution in [2.24, 2.45) is 5.41 Å². The Morgan fingerprint density at radius 1 is 1.42 bits per heavy atom. The lowest BCUT2D eigenvalue weighted by atomic mass is 9.64. The zero-order valence-corrected chi connectivity index (χ0v) is 14.0. The van der Waals surface area contributed by atoms with Gasteiger partial charge in [-0.1, -0.05) is 12.5 Å². The van der Waals surface area contributed by atoms with Gasteiger partial charge in [0.25, 0.3) is 5.91 Å². The molecule has 0 saturated heterocycles. The van der Waals surface area contributed by atoms with Crippen molar-refractivity contribution in [3.05, 3.63) is 58.8 Å². The fourth-order valence-corrected chi connectivity index (χ4v) is 4.33. The maximum Gasteiger partial charge on any atom is 0.270 e. The molecule has 1 amide bonds. The molecular weight excluding hydrogens is 322 g/mol. The number of aliphatic hydroxyl groups excluding tert-OH is 1. The number of carbonyl (C=O) groups is 1. The Morgan fingerprint density at radius 2 is 2.29 bits per heavy atom. The summed E-state index contributed by atoms with van der Waals surface area (Å²) in [7, 11) is 0. The van der Waals surface area contributed by atoms with E-state index in [0.717, 1.165) is 29.7 Å². The van der Waals surface area contributed by atoms with Crippen molar-refractivity contribution in [3.63, 3.8) is 0 Å². The van der Waals surface area contributed by atoms with E-state index in [0.29, 0.717) is 5.69 Å². The summed E-state index contributed by atoms with van der Waals surface area (Å²) >= 11 is 1.61. The van der Waals surface area contributed by atoms with E-state index >= 15 is 0 Å². The van der Waals surface area contributed by atoms with Gasteiger partial charge in [-0.2, -0.15) is 0 Å². The largest absolute Gasteiger partial charge is 0.396 e. The standard InChI is InChI=1S/C18H19N3O2S/c22-11-18(6-3-7-18)16(15-5-2-9-24-15)20-17(23)14-10-13-4-1-8-21(13)12-19-14/h1-2,4-5,8-10,12,16,22H,3,6-7,11H2,(H,20,23). The highest BCUT2D eigenvalue weighted by Gasteiger charge is 2.45. The van der Waals surface area contributed by atoms with Crippen LogP contribution in [0.1, 0.15) is 40.7 Å². The number of thiophene rings is 1. The van der Waals surface area contributed by atoms with E-state index < -0.39 is 0 Å². The zero-order chi connectivity index (χ0) is 16.6. The lowest BCUT2D eigenvalue weighted by Gasteiger charge is -2.46. The number of aliphatic hydroxyl groups is 1. The van der Waals surface area contributed by atoms with Gasteiger partial charge in [0.1, 0.15) is 5.69 Å². The molecule has 1 fully saturated rings. The lowest BCUT2D eigenvalue weighted by Crippen LogP contribution is -2.47. The van der Waals surface area contributed by atoms with Gasteiger partial charge < -0.3 is 14.8 Å². The number of amides is 1. The molecule has 0 aliphatic heterocycles. The van der Waals surface area contributed by atoms with E-state index in [1.807, 2.05) is 40.2 Å². The first-order valence-corrected chi connectivity index (χ1v) is 8.98. The summed E-state index contributed by atoms with van der Waals surface area (Å²) in [6.45, 7) is 0.0843. The van der Waals surface area contributed by atoms with Gasteiger partial charge in [-0.25, -0.2) is 4.98 Å². The van der Waals surface area contributed by atoms with Crippen molar-refractivity contribution in [1.29, 1.82) is 0 Å². The van der Waals surface area contributed by atoms with Crippen LogP contribution in [0.3, 0.4) is 0 Å². The molecule has 1 aliphatic rings. The van der Waals surface area contributed by atoms with Crippen LogP contribution in [0, 0.1) is 5.41 Å². The molecule has 1 atom stereocenters.